The Kier molecular flexibility index (Phi) is 4.12. The molecule has 4 atom stereocenters. The monoisotopic (exact) mass is 332 g/mol. The number of hydrogen-bond acceptors (Lipinski definition) is 4. The van der Waals surface area contributed by atoms with Gasteiger partial charge in [-0.1, -0.05) is 31.9 Å². The van der Waals surface area contributed by atoms with Crippen LogP contribution < -0.4 is 0 Å². The molecule has 4 heteroatoms. The molecule has 4 nitrogen and oxygen atoms in total. The van der Waals surface area contributed by atoms with Crippen molar-refractivity contribution in [3.63, 3.8) is 0 Å². The van der Waals surface area contributed by atoms with E-state index >= 15 is 0 Å². The van der Waals surface area contributed by atoms with Crippen LogP contribution in [0.2, 0.25) is 0 Å². The van der Waals surface area contributed by atoms with Crippen LogP contribution in [-0.4, -0.2) is 34.5 Å². The lowest BCUT2D eigenvalue weighted by molar-refractivity contribution is -0.132. The van der Waals surface area contributed by atoms with Gasteiger partial charge in [-0.3, -0.25) is 9.59 Å². The number of aliphatic hydroxyl groups excluding tert-OH is 2. The maximum Gasteiger partial charge on any atom is 0.162 e. The molecule has 1 fully saturated rings. The minimum Gasteiger partial charge on any atom is -0.392 e. The zero-order valence-corrected chi connectivity index (χ0v) is 15.1. The Balaban J connectivity index is 2.17. The quantitative estimate of drug-likeness (QED) is 0.762. The summed E-state index contributed by atoms with van der Waals surface area (Å²) in [5.41, 5.74) is 1.57. The van der Waals surface area contributed by atoms with Gasteiger partial charge in [0.2, 0.25) is 0 Å². The second-order valence-electron chi connectivity index (χ2n) is 8.49. The maximum atomic E-state index is 12.9. The summed E-state index contributed by atoms with van der Waals surface area (Å²) < 4.78 is 0. The molecule has 0 heterocycles. The van der Waals surface area contributed by atoms with Crippen LogP contribution in [-0.2, 0) is 9.59 Å². The van der Waals surface area contributed by atoms with Gasteiger partial charge >= 0.3 is 0 Å². The molecule has 0 amide bonds. The fourth-order valence-corrected chi connectivity index (χ4v) is 5.00. The smallest absolute Gasteiger partial charge is 0.162 e. The minimum absolute atomic E-state index is 0.0231. The molecular formula is C20H28O4. The van der Waals surface area contributed by atoms with Crippen molar-refractivity contribution < 1.29 is 19.8 Å². The topological polar surface area (TPSA) is 74.6 Å². The van der Waals surface area contributed by atoms with Crippen molar-refractivity contribution >= 4 is 11.6 Å². The van der Waals surface area contributed by atoms with E-state index < -0.39 is 16.9 Å². The second kappa shape index (κ2) is 5.63. The van der Waals surface area contributed by atoms with E-state index in [2.05, 4.69) is 13.8 Å². The van der Waals surface area contributed by atoms with E-state index in [0.29, 0.717) is 31.3 Å². The summed E-state index contributed by atoms with van der Waals surface area (Å²) in [6, 6.07) is 0. The van der Waals surface area contributed by atoms with Crippen molar-refractivity contribution in [3.8, 4) is 0 Å². The van der Waals surface area contributed by atoms with Gasteiger partial charge in [0.25, 0.3) is 0 Å². The summed E-state index contributed by atoms with van der Waals surface area (Å²) in [5, 5.41) is 20.0. The van der Waals surface area contributed by atoms with E-state index in [1.54, 1.807) is 0 Å². The Morgan fingerprint density at radius 2 is 1.92 bits per heavy atom. The second-order valence-corrected chi connectivity index (χ2v) is 8.49. The van der Waals surface area contributed by atoms with Gasteiger partial charge in [-0.15, -0.1) is 0 Å². The predicted octanol–water partition coefficient (Wildman–Crippen LogP) is 2.59. The number of allylic oxidation sites excluding steroid dienone is 3. The first kappa shape index (κ1) is 17.6. The van der Waals surface area contributed by atoms with E-state index in [-0.39, 0.29) is 30.0 Å². The molecule has 0 aromatic rings. The highest BCUT2D eigenvalue weighted by molar-refractivity contribution is 5.99. The molecule has 2 N–H and O–H groups in total. The maximum absolute atomic E-state index is 12.9. The standard InChI is InChI=1S/C20H28O4/c1-11(2)13-8-17(24)20(4)6-5-19(3)14(18(13)20)9-15(22)12(10-21)7-16(19)23/h7,11,14-15,21-22H,5-6,8-10H2,1-4H3/t14-,15-,19-,20+/m1/s1. The number of carbonyl (C=O) groups is 2. The van der Waals surface area contributed by atoms with E-state index in [1.165, 1.54) is 6.08 Å². The lowest BCUT2D eigenvalue weighted by atomic mass is 9.54. The third kappa shape index (κ3) is 2.26. The van der Waals surface area contributed by atoms with Crippen LogP contribution in [0.25, 0.3) is 0 Å². The summed E-state index contributed by atoms with van der Waals surface area (Å²) in [5.74, 6) is 0.353. The number of carbonyl (C=O) groups excluding carboxylic acids is 2. The van der Waals surface area contributed by atoms with Crippen LogP contribution in [0.4, 0.5) is 0 Å². The van der Waals surface area contributed by atoms with Crippen molar-refractivity contribution in [1.82, 2.24) is 0 Å². The molecule has 0 radical (unpaired) electrons. The fraction of sp³-hybridized carbons (Fsp3) is 0.700. The minimum atomic E-state index is -0.829. The van der Waals surface area contributed by atoms with Crippen molar-refractivity contribution in [1.29, 1.82) is 0 Å². The van der Waals surface area contributed by atoms with E-state index in [4.69, 9.17) is 0 Å². The molecule has 1 saturated carbocycles. The molecule has 0 aromatic heterocycles. The van der Waals surface area contributed by atoms with E-state index in [0.717, 1.165) is 11.1 Å². The van der Waals surface area contributed by atoms with Crippen molar-refractivity contribution in [2.75, 3.05) is 6.61 Å². The highest BCUT2D eigenvalue weighted by Crippen LogP contribution is 2.61. The van der Waals surface area contributed by atoms with Gasteiger partial charge in [0, 0.05) is 17.3 Å². The van der Waals surface area contributed by atoms with Gasteiger partial charge < -0.3 is 10.2 Å². The Morgan fingerprint density at radius 3 is 2.50 bits per heavy atom. The first-order valence-corrected chi connectivity index (χ1v) is 8.95. The van der Waals surface area contributed by atoms with Gasteiger partial charge in [0.15, 0.2) is 5.78 Å². The Bertz CT molecular complexity index is 657. The Hall–Kier alpha value is -1.26. The molecule has 0 saturated heterocycles. The Morgan fingerprint density at radius 1 is 1.25 bits per heavy atom. The molecule has 0 unspecified atom stereocenters. The zero-order chi connectivity index (χ0) is 17.9. The third-order valence-electron chi connectivity index (χ3n) is 6.81. The highest BCUT2D eigenvalue weighted by Gasteiger charge is 2.58. The number of Topliss-reactive ketones (excluding diaryl/α,β-unsaturated/α-hetero) is 1. The van der Waals surface area contributed by atoms with Crippen molar-refractivity contribution in [2.45, 2.75) is 59.5 Å². The fourth-order valence-electron chi connectivity index (χ4n) is 5.00. The molecule has 0 aromatic carbocycles. The zero-order valence-electron chi connectivity index (χ0n) is 15.1. The van der Waals surface area contributed by atoms with Gasteiger partial charge in [-0.2, -0.15) is 0 Å². The molecule has 3 aliphatic rings. The highest BCUT2D eigenvalue weighted by atomic mass is 16.3. The Labute approximate surface area is 143 Å². The summed E-state index contributed by atoms with van der Waals surface area (Å²) in [7, 11) is 0. The van der Waals surface area contributed by atoms with Crippen LogP contribution in [0.5, 0.6) is 0 Å². The first-order chi connectivity index (χ1) is 11.1. The summed E-state index contributed by atoms with van der Waals surface area (Å²) in [6.45, 7) is 7.87. The molecule has 132 valence electrons. The molecule has 24 heavy (non-hydrogen) atoms. The van der Waals surface area contributed by atoms with Crippen LogP contribution >= 0.6 is 0 Å². The van der Waals surface area contributed by atoms with Gasteiger partial charge in [0.1, 0.15) is 5.78 Å². The lowest BCUT2D eigenvalue weighted by Gasteiger charge is -2.48. The van der Waals surface area contributed by atoms with Gasteiger partial charge in [-0.25, -0.2) is 0 Å². The average molecular weight is 332 g/mol. The van der Waals surface area contributed by atoms with Crippen LogP contribution in [0.3, 0.4) is 0 Å². The van der Waals surface area contributed by atoms with Crippen molar-refractivity contribution in [3.05, 3.63) is 22.8 Å². The number of ketones is 2. The first-order valence-electron chi connectivity index (χ1n) is 8.95. The number of rotatable bonds is 2. The molecule has 0 spiro atoms. The SMILES string of the molecule is CC(C)C1=C2[C@H]3C[C@@H](O)C(CO)=CC(=O)[C@]3(C)CC[C@@]2(C)C(=O)C1. The average Bonchev–Trinajstić information content (AvgIpc) is 2.74. The molecule has 3 rings (SSSR count). The largest absolute Gasteiger partial charge is 0.392 e. The normalized spacial score (nSPS) is 39.7. The molecule has 0 aliphatic heterocycles. The summed E-state index contributed by atoms with van der Waals surface area (Å²) >= 11 is 0. The van der Waals surface area contributed by atoms with Crippen molar-refractivity contribution in [2.24, 2.45) is 22.7 Å². The summed E-state index contributed by atoms with van der Waals surface area (Å²) in [6.07, 6.45) is 2.83. The van der Waals surface area contributed by atoms with Gasteiger partial charge in [-0.05, 0) is 49.7 Å². The van der Waals surface area contributed by atoms with E-state index in [1.807, 2.05) is 13.8 Å². The molecule has 3 aliphatic carbocycles. The van der Waals surface area contributed by atoms with Crippen LogP contribution in [0, 0.1) is 22.7 Å². The number of aliphatic hydroxyl groups is 2. The van der Waals surface area contributed by atoms with E-state index in [9.17, 15) is 19.8 Å². The predicted molar refractivity (Wildman–Crippen MR) is 91.2 cm³/mol. The summed E-state index contributed by atoms with van der Waals surface area (Å²) in [4.78, 5) is 25.7. The third-order valence-corrected chi connectivity index (χ3v) is 6.81. The van der Waals surface area contributed by atoms with Crippen LogP contribution in [0.1, 0.15) is 53.4 Å². The number of hydrogen-bond donors (Lipinski definition) is 2. The number of fused-ring (bicyclic) bond motifs is 3. The molecular weight excluding hydrogens is 304 g/mol. The molecule has 0 bridgehead atoms. The van der Waals surface area contributed by atoms with Crippen LogP contribution in [0.15, 0.2) is 22.8 Å². The lowest BCUT2D eigenvalue weighted by Crippen LogP contribution is -2.46. The van der Waals surface area contributed by atoms with Gasteiger partial charge in [0.05, 0.1) is 12.7 Å².